The predicted molar refractivity (Wildman–Crippen MR) is 48.5 cm³/mol. The minimum Gasteiger partial charge on any atom is -0.331 e. The van der Waals surface area contributed by atoms with Crippen molar-refractivity contribution in [2.45, 2.75) is 24.4 Å². The van der Waals surface area contributed by atoms with E-state index in [1.54, 1.807) is 12.2 Å². The van der Waals surface area contributed by atoms with Crippen LogP contribution in [0.5, 0.6) is 0 Å². The monoisotopic (exact) mass is 272 g/mol. The van der Waals surface area contributed by atoms with Gasteiger partial charge in [-0.2, -0.15) is 22.0 Å². The molecule has 2 fully saturated rings. The molecule has 0 amide bonds. The van der Waals surface area contributed by atoms with E-state index in [2.05, 4.69) is 4.74 Å². The third-order valence-corrected chi connectivity index (χ3v) is 4.21. The van der Waals surface area contributed by atoms with Crippen LogP contribution in [0.15, 0.2) is 12.2 Å². The van der Waals surface area contributed by atoms with Crippen LogP contribution < -0.4 is 0 Å². The lowest BCUT2D eigenvalue weighted by molar-refractivity contribution is -0.414. The van der Waals surface area contributed by atoms with Crippen LogP contribution in [0.3, 0.4) is 0 Å². The van der Waals surface area contributed by atoms with E-state index in [1.165, 1.54) is 0 Å². The van der Waals surface area contributed by atoms with E-state index in [-0.39, 0.29) is 0 Å². The lowest BCUT2D eigenvalue weighted by Crippen LogP contribution is -2.71. The van der Waals surface area contributed by atoms with Crippen LogP contribution in [0.2, 0.25) is 0 Å². The fourth-order valence-electron chi connectivity index (χ4n) is 3.56. The van der Waals surface area contributed by atoms with Crippen LogP contribution in [-0.2, 0) is 4.74 Å². The molecule has 0 aromatic carbocycles. The largest absolute Gasteiger partial charge is 0.411 e. The maximum Gasteiger partial charge on any atom is 0.411 e. The number of ether oxygens (including phenoxy) is 1. The number of alkyl halides is 6. The Hall–Kier alpha value is -0.720. The molecule has 5 unspecified atom stereocenters. The van der Waals surface area contributed by atoms with Gasteiger partial charge in [0, 0.05) is 11.8 Å². The Kier molecular flexibility index (Phi) is 2.21. The van der Waals surface area contributed by atoms with Gasteiger partial charge in [0.1, 0.15) is 6.61 Å². The molecule has 0 N–H and O–H groups in total. The Bertz CT molecular complexity index is 403. The highest BCUT2D eigenvalue weighted by Crippen LogP contribution is 2.71. The quantitative estimate of drug-likeness (QED) is 0.553. The average Bonchev–Trinajstić information content (AvgIpc) is 2.83. The van der Waals surface area contributed by atoms with E-state index in [4.69, 9.17) is 0 Å². The molecule has 3 aliphatic rings. The standard InChI is InChI=1S/C11H10F6O/c12-9(13,14)4-18-11(17)8-6-2-1-5(3-6)7(8)10(11,15)16/h1-2,5-8H,3-4H2. The molecule has 1 nitrogen and oxygen atoms in total. The van der Waals surface area contributed by atoms with Crippen molar-refractivity contribution in [1.29, 1.82) is 0 Å². The molecular weight excluding hydrogens is 262 g/mol. The van der Waals surface area contributed by atoms with Gasteiger partial charge in [-0.15, -0.1) is 0 Å². The molecule has 2 bridgehead atoms. The minimum absolute atomic E-state index is 0.381. The second-order valence-electron chi connectivity index (χ2n) is 5.17. The zero-order chi connectivity index (χ0) is 13.3. The Morgan fingerprint density at radius 3 is 2.17 bits per heavy atom. The first-order valence-corrected chi connectivity index (χ1v) is 5.62. The Labute approximate surface area is 98.8 Å². The van der Waals surface area contributed by atoms with Crippen molar-refractivity contribution in [1.82, 2.24) is 0 Å². The van der Waals surface area contributed by atoms with Crippen LogP contribution in [0.25, 0.3) is 0 Å². The molecule has 5 atom stereocenters. The number of fused-ring (bicyclic) bond motifs is 5. The van der Waals surface area contributed by atoms with E-state index in [9.17, 15) is 26.3 Å². The number of halogens is 6. The Morgan fingerprint density at radius 2 is 1.61 bits per heavy atom. The van der Waals surface area contributed by atoms with Gasteiger partial charge in [0.05, 0.1) is 0 Å². The number of allylic oxidation sites excluding steroid dienone is 2. The van der Waals surface area contributed by atoms with Gasteiger partial charge in [-0.05, 0) is 18.3 Å². The molecule has 102 valence electrons. The molecule has 0 aliphatic heterocycles. The molecule has 3 aliphatic carbocycles. The van der Waals surface area contributed by atoms with Crippen LogP contribution in [0.1, 0.15) is 6.42 Å². The number of hydrogen-bond donors (Lipinski definition) is 0. The van der Waals surface area contributed by atoms with Gasteiger partial charge in [0.25, 0.3) is 5.85 Å². The Balaban J connectivity index is 1.82. The summed E-state index contributed by atoms with van der Waals surface area (Å²) >= 11 is 0. The molecule has 0 heterocycles. The van der Waals surface area contributed by atoms with Crippen molar-refractivity contribution < 1.29 is 31.1 Å². The van der Waals surface area contributed by atoms with Crippen LogP contribution in [-0.4, -0.2) is 24.6 Å². The molecule has 0 aromatic rings. The minimum atomic E-state index is -4.81. The fraction of sp³-hybridized carbons (Fsp3) is 0.818. The molecule has 7 heteroatoms. The number of hydrogen-bond acceptors (Lipinski definition) is 1. The molecular formula is C11H10F6O. The summed E-state index contributed by atoms with van der Waals surface area (Å²) in [6.07, 6.45) is -1.23. The summed E-state index contributed by atoms with van der Waals surface area (Å²) in [4.78, 5) is 0. The maximum absolute atomic E-state index is 14.1. The summed E-state index contributed by atoms with van der Waals surface area (Å²) in [7, 11) is 0. The normalized spacial score (nSPS) is 48.1. The van der Waals surface area contributed by atoms with Crippen molar-refractivity contribution >= 4 is 0 Å². The summed E-state index contributed by atoms with van der Waals surface area (Å²) < 4.78 is 81.3. The molecule has 0 saturated heterocycles. The van der Waals surface area contributed by atoms with Crippen molar-refractivity contribution in [3.63, 3.8) is 0 Å². The second-order valence-corrected chi connectivity index (χ2v) is 5.17. The first kappa shape index (κ1) is 12.3. The van der Waals surface area contributed by atoms with Gasteiger partial charge in [-0.25, -0.2) is 4.39 Å². The third kappa shape index (κ3) is 1.34. The van der Waals surface area contributed by atoms with Gasteiger partial charge in [0.2, 0.25) is 0 Å². The Morgan fingerprint density at radius 1 is 1.06 bits per heavy atom. The lowest BCUT2D eigenvalue weighted by Gasteiger charge is -2.55. The van der Waals surface area contributed by atoms with Gasteiger partial charge in [0.15, 0.2) is 0 Å². The van der Waals surface area contributed by atoms with E-state index in [0.29, 0.717) is 6.42 Å². The zero-order valence-electron chi connectivity index (χ0n) is 9.05. The first-order valence-electron chi connectivity index (χ1n) is 5.62. The van der Waals surface area contributed by atoms with Crippen LogP contribution >= 0.6 is 0 Å². The molecule has 18 heavy (non-hydrogen) atoms. The van der Waals surface area contributed by atoms with Crippen LogP contribution in [0.4, 0.5) is 26.3 Å². The smallest absolute Gasteiger partial charge is 0.331 e. The summed E-state index contributed by atoms with van der Waals surface area (Å²) in [5.74, 6) is -10.5. The average molecular weight is 272 g/mol. The predicted octanol–water partition coefficient (Wildman–Crippen LogP) is 3.32. The van der Waals surface area contributed by atoms with E-state index in [1.807, 2.05) is 0 Å². The number of rotatable bonds is 2. The molecule has 0 aromatic heterocycles. The van der Waals surface area contributed by atoms with E-state index in [0.717, 1.165) is 0 Å². The lowest BCUT2D eigenvalue weighted by atomic mass is 9.60. The van der Waals surface area contributed by atoms with Gasteiger partial charge in [-0.3, -0.25) is 0 Å². The molecule has 3 rings (SSSR count). The molecule has 0 radical (unpaired) electrons. The fourth-order valence-corrected chi connectivity index (χ4v) is 3.56. The van der Waals surface area contributed by atoms with Crippen molar-refractivity contribution in [2.24, 2.45) is 23.7 Å². The first-order chi connectivity index (χ1) is 8.17. The highest BCUT2D eigenvalue weighted by Gasteiger charge is 2.83. The summed E-state index contributed by atoms with van der Waals surface area (Å²) in [6.45, 7) is -1.98. The highest BCUT2D eigenvalue weighted by atomic mass is 19.4. The summed E-state index contributed by atoms with van der Waals surface area (Å²) in [5.41, 5.74) is 0. The van der Waals surface area contributed by atoms with Gasteiger partial charge in [-0.1, -0.05) is 12.2 Å². The summed E-state index contributed by atoms with van der Waals surface area (Å²) in [5, 5.41) is 0. The highest BCUT2D eigenvalue weighted by molar-refractivity contribution is 5.27. The SMILES string of the molecule is FC(F)(F)COC1(F)C2C3C=CC(C3)C2C1(F)F. The van der Waals surface area contributed by atoms with Crippen molar-refractivity contribution in [3.8, 4) is 0 Å². The van der Waals surface area contributed by atoms with Crippen molar-refractivity contribution in [2.75, 3.05) is 6.61 Å². The second kappa shape index (κ2) is 3.23. The third-order valence-electron chi connectivity index (χ3n) is 4.21. The topological polar surface area (TPSA) is 9.23 Å². The van der Waals surface area contributed by atoms with Gasteiger partial charge >= 0.3 is 12.1 Å². The van der Waals surface area contributed by atoms with E-state index >= 15 is 0 Å². The zero-order valence-corrected chi connectivity index (χ0v) is 9.05. The molecule has 0 spiro atoms. The van der Waals surface area contributed by atoms with E-state index < -0.39 is 48.2 Å². The summed E-state index contributed by atoms with van der Waals surface area (Å²) in [6, 6.07) is 0. The van der Waals surface area contributed by atoms with Crippen LogP contribution in [0, 0.1) is 23.7 Å². The maximum atomic E-state index is 14.1. The van der Waals surface area contributed by atoms with Gasteiger partial charge < -0.3 is 4.74 Å². The van der Waals surface area contributed by atoms with Crippen molar-refractivity contribution in [3.05, 3.63) is 12.2 Å². The molecule has 2 saturated carbocycles.